The van der Waals surface area contributed by atoms with Crippen LogP contribution in [0, 0.1) is 0 Å². The Morgan fingerprint density at radius 2 is 1.88 bits per heavy atom. The van der Waals surface area contributed by atoms with Gasteiger partial charge in [0.05, 0.1) is 21.2 Å². The molecule has 0 radical (unpaired) electrons. The number of sulfone groups is 1. The largest absolute Gasteiger partial charge is 0.229 e. The van der Waals surface area contributed by atoms with Gasteiger partial charge >= 0.3 is 0 Å². The van der Waals surface area contributed by atoms with Crippen LogP contribution >= 0.6 is 34.8 Å². The molecule has 0 bridgehead atoms. The van der Waals surface area contributed by atoms with Crippen LogP contribution in [0.2, 0.25) is 10.0 Å². The summed E-state index contributed by atoms with van der Waals surface area (Å²) in [6.45, 7) is 0. The quantitative estimate of drug-likeness (QED) is 0.800. The van der Waals surface area contributed by atoms with Gasteiger partial charge in [-0.1, -0.05) is 29.3 Å². The van der Waals surface area contributed by atoms with Gasteiger partial charge in [0.25, 0.3) is 0 Å². The van der Waals surface area contributed by atoms with E-state index in [2.05, 4.69) is 0 Å². The summed E-state index contributed by atoms with van der Waals surface area (Å²) in [7, 11) is -3.05. The first-order valence-electron chi connectivity index (χ1n) is 4.53. The molecule has 1 unspecified atom stereocenters. The van der Waals surface area contributed by atoms with Gasteiger partial charge in [-0.15, -0.1) is 11.6 Å². The first kappa shape index (κ1) is 14.1. The van der Waals surface area contributed by atoms with Crippen molar-refractivity contribution in [2.24, 2.45) is 0 Å². The molecule has 1 atom stereocenters. The van der Waals surface area contributed by atoms with Crippen molar-refractivity contribution in [2.75, 3.05) is 12.0 Å². The zero-order chi connectivity index (χ0) is 12.3. The maximum atomic E-state index is 11.0. The molecule has 1 aromatic rings. The Morgan fingerprint density at radius 1 is 1.25 bits per heavy atom. The summed E-state index contributed by atoms with van der Waals surface area (Å²) in [5.41, 5.74) is 0.873. The summed E-state index contributed by atoms with van der Waals surface area (Å²) in [5, 5.41) is 0.467. The minimum atomic E-state index is -3.05. The number of benzene rings is 1. The Balaban J connectivity index is 2.70. The molecule has 0 aliphatic rings. The van der Waals surface area contributed by atoms with Gasteiger partial charge in [-0.25, -0.2) is 8.42 Å². The molecule has 0 fully saturated rings. The number of hydrogen-bond acceptors (Lipinski definition) is 2. The van der Waals surface area contributed by atoms with Crippen LogP contribution in [0.4, 0.5) is 0 Å². The molecule has 0 saturated carbocycles. The van der Waals surface area contributed by atoms with Crippen molar-refractivity contribution >= 4 is 44.6 Å². The summed E-state index contributed by atoms with van der Waals surface area (Å²) in [6, 6.07) is 5.15. The predicted octanol–water partition coefficient (Wildman–Crippen LogP) is 3.19. The van der Waals surface area contributed by atoms with E-state index in [-0.39, 0.29) is 5.75 Å². The van der Waals surface area contributed by atoms with Crippen molar-refractivity contribution in [3.63, 3.8) is 0 Å². The number of alkyl halides is 1. The fourth-order valence-corrected chi connectivity index (χ4v) is 3.27. The predicted molar refractivity (Wildman–Crippen MR) is 69.5 cm³/mol. The summed E-state index contributed by atoms with van der Waals surface area (Å²) < 4.78 is 22.0. The van der Waals surface area contributed by atoms with Crippen molar-refractivity contribution in [3.8, 4) is 0 Å². The van der Waals surface area contributed by atoms with E-state index >= 15 is 0 Å². The van der Waals surface area contributed by atoms with Crippen LogP contribution in [0.3, 0.4) is 0 Å². The van der Waals surface area contributed by atoms with Gasteiger partial charge in [-0.3, -0.25) is 0 Å². The summed E-state index contributed by atoms with van der Waals surface area (Å²) in [6.07, 6.45) is 1.61. The average molecular weight is 302 g/mol. The lowest BCUT2D eigenvalue weighted by Gasteiger charge is -2.08. The Bertz CT molecular complexity index is 471. The Labute approximate surface area is 110 Å². The molecule has 0 saturated heterocycles. The molecule has 0 heterocycles. The van der Waals surface area contributed by atoms with E-state index in [1.54, 1.807) is 18.2 Å². The van der Waals surface area contributed by atoms with Crippen LogP contribution < -0.4 is 0 Å². The van der Waals surface area contributed by atoms with E-state index in [1.165, 1.54) is 0 Å². The standard InChI is InChI=1S/C10H11Cl3O2S/c1-16(14,15)6-8(11)4-7-2-3-9(12)10(13)5-7/h2-3,5,8H,4,6H2,1H3. The lowest BCUT2D eigenvalue weighted by molar-refractivity contribution is 0.599. The third-order valence-corrected chi connectivity index (χ3v) is 4.16. The zero-order valence-electron chi connectivity index (χ0n) is 8.58. The first-order chi connectivity index (χ1) is 7.28. The molecule has 6 heteroatoms. The second kappa shape index (κ2) is 5.58. The highest BCUT2D eigenvalue weighted by molar-refractivity contribution is 7.90. The van der Waals surface area contributed by atoms with Crippen LogP contribution in [0.15, 0.2) is 18.2 Å². The summed E-state index contributed by atoms with van der Waals surface area (Å²) in [4.78, 5) is 0. The van der Waals surface area contributed by atoms with Gasteiger partial charge in [0.2, 0.25) is 0 Å². The first-order valence-corrected chi connectivity index (χ1v) is 7.79. The van der Waals surface area contributed by atoms with Gasteiger partial charge in [0.1, 0.15) is 9.84 Å². The second-order valence-corrected chi connectivity index (χ2v) is 7.26. The molecule has 1 rings (SSSR count). The van der Waals surface area contributed by atoms with Gasteiger partial charge in [0, 0.05) is 6.26 Å². The second-order valence-electron chi connectivity index (χ2n) is 3.64. The van der Waals surface area contributed by atoms with E-state index in [4.69, 9.17) is 34.8 Å². The topological polar surface area (TPSA) is 34.1 Å². The van der Waals surface area contributed by atoms with E-state index in [0.29, 0.717) is 16.5 Å². The highest BCUT2D eigenvalue weighted by Crippen LogP contribution is 2.23. The van der Waals surface area contributed by atoms with Crippen LogP contribution in [-0.4, -0.2) is 25.8 Å². The minimum Gasteiger partial charge on any atom is -0.229 e. The molecule has 90 valence electrons. The molecule has 0 aliphatic carbocycles. The van der Waals surface area contributed by atoms with Crippen molar-refractivity contribution in [1.29, 1.82) is 0 Å². The van der Waals surface area contributed by atoms with Crippen LogP contribution in [0.5, 0.6) is 0 Å². The molecular weight excluding hydrogens is 291 g/mol. The van der Waals surface area contributed by atoms with Crippen molar-refractivity contribution in [1.82, 2.24) is 0 Å². The molecule has 0 aliphatic heterocycles. The number of rotatable bonds is 4. The van der Waals surface area contributed by atoms with Crippen LogP contribution in [0.1, 0.15) is 5.56 Å². The smallest absolute Gasteiger partial charge is 0.148 e. The lowest BCUT2D eigenvalue weighted by atomic mass is 10.1. The SMILES string of the molecule is CS(=O)(=O)CC(Cl)Cc1ccc(Cl)c(Cl)c1. The van der Waals surface area contributed by atoms with E-state index in [0.717, 1.165) is 11.8 Å². The van der Waals surface area contributed by atoms with E-state index in [1.807, 2.05) is 0 Å². The summed E-state index contributed by atoms with van der Waals surface area (Å²) in [5.74, 6) is -0.0468. The maximum absolute atomic E-state index is 11.0. The van der Waals surface area contributed by atoms with Crippen LogP contribution in [-0.2, 0) is 16.3 Å². The fraction of sp³-hybridized carbons (Fsp3) is 0.400. The monoisotopic (exact) mass is 300 g/mol. The summed E-state index contributed by atoms with van der Waals surface area (Å²) >= 11 is 17.5. The molecular formula is C10H11Cl3O2S. The molecule has 16 heavy (non-hydrogen) atoms. The van der Waals surface area contributed by atoms with Gasteiger partial charge in [-0.05, 0) is 24.1 Å². The van der Waals surface area contributed by atoms with Crippen molar-refractivity contribution in [3.05, 3.63) is 33.8 Å². The number of hydrogen-bond donors (Lipinski definition) is 0. The highest BCUT2D eigenvalue weighted by atomic mass is 35.5. The fourth-order valence-electron chi connectivity index (χ4n) is 1.31. The molecule has 2 nitrogen and oxygen atoms in total. The van der Waals surface area contributed by atoms with Crippen molar-refractivity contribution in [2.45, 2.75) is 11.8 Å². The van der Waals surface area contributed by atoms with Crippen LogP contribution in [0.25, 0.3) is 0 Å². The normalized spacial score (nSPS) is 13.8. The Kier molecular flexibility index (Phi) is 4.92. The highest BCUT2D eigenvalue weighted by Gasteiger charge is 2.13. The zero-order valence-corrected chi connectivity index (χ0v) is 11.7. The van der Waals surface area contributed by atoms with Gasteiger partial charge in [-0.2, -0.15) is 0 Å². The number of halogens is 3. The lowest BCUT2D eigenvalue weighted by Crippen LogP contribution is -2.17. The van der Waals surface area contributed by atoms with Gasteiger partial charge in [0.15, 0.2) is 0 Å². The Hall–Kier alpha value is 0.0400. The molecule has 0 amide bonds. The third-order valence-electron chi connectivity index (χ3n) is 1.92. The van der Waals surface area contributed by atoms with Crippen molar-refractivity contribution < 1.29 is 8.42 Å². The molecule has 0 N–H and O–H groups in total. The molecule has 1 aromatic carbocycles. The maximum Gasteiger partial charge on any atom is 0.148 e. The Morgan fingerprint density at radius 3 is 2.38 bits per heavy atom. The third kappa shape index (κ3) is 4.91. The van der Waals surface area contributed by atoms with Gasteiger partial charge < -0.3 is 0 Å². The van der Waals surface area contributed by atoms with E-state index < -0.39 is 15.2 Å². The van der Waals surface area contributed by atoms with E-state index in [9.17, 15) is 8.42 Å². The molecule has 0 aromatic heterocycles. The molecule has 0 spiro atoms. The average Bonchev–Trinajstić information content (AvgIpc) is 2.08. The minimum absolute atomic E-state index is 0.0468.